The second-order valence-corrected chi connectivity index (χ2v) is 8.94. The minimum Gasteiger partial charge on any atom is -0.508 e. The number of benzene rings is 3. The van der Waals surface area contributed by atoms with Gasteiger partial charge in [-0.3, -0.25) is 4.79 Å². The Morgan fingerprint density at radius 2 is 1.89 bits per heavy atom. The van der Waals surface area contributed by atoms with Crippen LogP contribution in [0.15, 0.2) is 70.1 Å². The van der Waals surface area contributed by atoms with Gasteiger partial charge < -0.3 is 20.3 Å². The summed E-state index contributed by atoms with van der Waals surface area (Å²) in [6, 6.07) is 15.9. The lowest BCUT2D eigenvalue weighted by Crippen LogP contribution is -2.25. The summed E-state index contributed by atoms with van der Waals surface area (Å²) in [5.74, 6) is 0.271. The van der Waals surface area contributed by atoms with Crippen molar-refractivity contribution in [2.45, 2.75) is 13.8 Å². The summed E-state index contributed by atoms with van der Waals surface area (Å²) in [5, 5.41) is 29.2. The molecule has 0 fully saturated rings. The van der Waals surface area contributed by atoms with E-state index in [-0.39, 0.29) is 24.0 Å². The summed E-state index contributed by atoms with van der Waals surface area (Å²) in [4.78, 5) is 17.3. The molecular formula is C26H22N4O4S. The molecule has 9 heteroatoms. The molecule has 0 saturated heterocycles. The van der Waals surface area contributed by atoms with E-state index >= 15 is 0 Å². The van der Waals surface area contributed by atoms with Crippen LogP contribution in [0.25, 0.3) is 11.3 Å². The molecule has 0 spiro atoms. The predicted octanol–water partition coefficient (Wildman–Crippen LogP) is 4.69. The lowest BCUT2D eigenvalue weighted by molar-refractivity contribution is -0.118. The highest BCUT2D eigenvalue weighted by molar-refractivity contribution is 7.07. The number of ether oxygens (including phenoxy) is 1. The quantitative estimate of drug-likeness (QED) is 0.364. The van der Waals surface area contributed by atoms with Crippen LogP contribution >= 0.6 is 11.3 Å². The SMILES string of the molecule is Cc1cccc(C)c1N=c1scc(-c2ccc3c(c2)NC(=O)CO3)n1N=Cc1ccc(O)cc1O. The molecule has 8 nitrogen and oxygen atoms in total. The Labute approximate surface area is 205 Å². The van der Waals surface area contributed by atoms with Crippen LogP contribution in [0.3, 0.4) is 0 Å². The Bertz CT molecular complexity index is 1530. The Hall–Kier alpha value is -4.37. The number of fused-ring (bicyclic) bond motifs is 1. The van der Waals surface area contributed by atoms with Gasteiger partial charge in [-0.2, -0.15) is 5.10 Å². The first kappa shape index (κ1) is 22.4. The number of carbonyl (C=O) groups is 1. The molecule has 0 unspecified atom stereocenters. The summed E-state index contributed by atoms with van der Waals surface area (Å²) in [6.45, 7) is 4.01. The molecule has 3 aromatic carbocycles. The number of para-hydroxylation sites is 1. The minimum absolute atomic E-state index is 0.00990. The normalized spacial score (nSPS) is 13.5. The van der Waals surface area contributed by atoms with Crippen LogP contribution in [0, 0.1) is 13.8 Å². The molecule has 3 N–H and O–H groups in total. The lowest BCUT2D eigenvalue weighted by atomic mass is 10.1. The van der Waals surface area contributed by atoms with Gasteiger partial charge in [0.1, 0.15) is 17.2 Å². The van der Waals surface area contributed by atoms with Crippen molar-refractivity contribution in [3.8, 4) is 28.5 Å². The number of hydrogen-bond donors (Lipinski definition) is 3. The number of aryl methyl sites for hydroxylation is 2. The Kier molecular flexibility index (Phi) is 5.84. The minimum atomic E-state index is -0.209. The number of phenols is 2. The van der Waals surface area contributed by atoms with E-state index in [2.05, 4.69) is 10.4 Å². The molecule has 0 bridgehead atoms. The average molecular weight is 487 g/mol. The van der Waals surface area contributed by atoms with Gasteiger partial charge >= 0.3 is 0 Å². The number of carbonyl (C=O) groups excluding carboxylic acids is 1. The van der Waals surface area contributed by atoms with Crippen LogP contribution in [0.5, 0.6) is 17.2 Å². The topological polar surface area (TPSA) is 108 Å². The summed E-state index contributed by atoms with van der Waals surface area (Å²) >= 11 is 1.42. The molecule has 35 heavy (non-hydrogen) atoms. The third-order valence-corrected chi connectivity index (χ3v) is 6.38. The first-order chi connectivity index (χ1) is 16.9. The first-order valence-corrected chi connectivity index (χ1v) is 11.7. The fourth-order valence-electron chi connectivity index (χ4n) is 3.77. The van der Waals surface area contributed by atoms with Crippen molar-refractivity contribution < 1.29 is 19.7 Å². The van der Waals surface area contributed by atoms with E-state index in [0.717, 1.165) is 28.1 Å². The van der Waals surface area contributed by atoms with E-state index in [1.165, 1.54) is 29.7 Å². The van der Waals surface area contributed by atoms with Crippen LogP contribution in [0.4, 0.5) is 11.4 Å². The monoisotopic (exact) mass is 486 g/mol. The molecule has 0 atom stereocenters. The van der Waals surface area contributed by atoms with Gasteiger partial charge in [-0.1, -0.05) is 18.2 Å². The van der Waals surface area contributed by atoms with Crippen LogP contribution in [0.1, 0.15) is 16.7 Å². The number of rotatable bonds is 4. The van der Waals surface area contributed by atoms with Gasteiger partial charge in [0.2, 0.25) is 4.80 Å². The number of anilines is 1. The summed E-state index contributed by atoms with van der Waals surface area (Å²) in [5.41, 5.74) is 5.53. The van der Waals surface area contributed by atoms with E-state index in [4.69, 9.17) is 9.73 Å². The largest absolute Gasteiger partial charge is 0.508 e. The van der Waals surface area contributed by atoms with Gasteiger partial charge in [-0.05, 0) is 55.3 Å². The molecule has 4 aromatic rings. The number of phenolic OH excluding ortho intramolecular Hbond substituents is 2. The highest BCUT2D eigenvalue weighted by Crippen LogP contribution is 2.33. The molecule has 2 heterocycles. The summed E-state index contributed by atoms with van der Waals surface area (Å²) in [7, 11) is 0. The third kappa shape index (κ3) is 4.53. The number of hydrogen-bond acceptors (Lipinski definition) is 7. The van der Waals surface area contributed by atoms with Crippen LogP contribution in [-0.4, -0.2) is 33.6 Å². The lowest BCUT2D eigenvalue weighted by Gasteiger charge is -2.18. The molecule has 1 aliphatic heterocycles. The van der Waals surface area contributed by atoms with Crippen molar-refractivity contribution >= 4 is 34.8 Å². The van der Waals surface area contributed by atoms with Crippen molar-refractivity contribution in [3.05, 3.63) is 81.5 Å². The van der Waals surface area contributed by atoms with Gasteiger partial charge in [-0.25, -0.2) is 9.67 Å². The molecule has 176 valence electrons. The van der Waals surface area contributed by atoms with Gasteiger partial charge in [0.05, 0.1) is 23.3 Å². The zero-order valence-corrected chi connectivity index (χ0v) is 19.8. The fraction of sp³-hybridized carbons (Fsp3) is 0.115. The molecule has 0 aliphatic carbocycles. The number of aromatic nitrogens is 1. The molecule has 1 aromatic heterocycles. The highest BCUT2D eigenvalue weighted by Gasteiger charge is 2.18. The molecule has 5 rings (SSSR count). The van der Waals surface area contributed by atoms with Crippen LogP contribution in [-0.2, 0) is 4.79 Å². The van der Waals surface area contributed by atoms with Gasteiger partial charge in [-0.15, -0.1) is 11.3 Å². The van der Waals surface area contributed by atoms with Crippen molar-refractivity contribution in [2.75, 3.05) is 11.9 Å². The van der Waals surface area contributed by atoms with Crippen molar-refractivity contribution in [3.63, 3.8) is 0 Å². The molecule has 1 aliphatic rings. The van der Waals surface area contributed by atoms with E-state index < -0.39 is 0 Å². The Balaban J connectivity index is 1.67. The Morgan fingerprint density at radius 3 is 2.66 bits per heavy atom. The smallest absolute Gasteiger partial charge is 0.262 e. The maximum atomic E-state index is 11.8. The third-order valence-electron chi connectivity index (χ3n) is 5.57. The number of nitrogens with zero attached hydrogens (tertiary/aromatic N) is 3. The van der Waals surface area contributed by atoms with E-state index in [9.17, 15) is 15.0 Å². The van der Waals surface area contributed by atoms with Gasteiger partial charge in [0.25, 0.3) is 5.91 Å². The highest BCUT2D eigenvalue weighted by atomic mass is 32.1. The standard InChI is InChI=1S/C26H22N4O4S/c1-15-4-3-5-16(2)25(15)29-26-30(27-12-18-6-8-19(31)11-22(18)32)21(14-35-26)17-7-9-23-20(10-17)28-24(33)13-34-23/h3-12,14,31-32H,13H2,1-2H3,(H,28,33). The summed E-state index contributed by atoms with van der Waals surface area (Å²) < 4.78 is 7.17. The van der Waals surface area contributed by atoms with Crippen molar-refractivity contribution in [2.24, 2.45) is 10.1 Å². The molecule has 0 saturated carbocycles. The maximum absolute atomic E-state index is 11.8. The number of aromatic hydroxyl groups is 2. The predicted molar refractivity (Wildman–Crippen MR) is 136 cm³/mol. The first-order valence-electron chi connectivity index (χ1n) is 10.8. The second kappa shape index (κ2) is 9.11. The van der Waals surface area contributed by atoms with Crippen LogP contribution < -0.4 is 14.9 Å². The average Bonchev–Trinajstić information content (AvgIpc) is 3.23. The van der Waals surface area contributed by atoms with Gasteiger partial charge in [0.15, 0.2) is 6.61 Å². The fourth-order valence-corrected chi connectivity index (χ4v) is 4.61. The summed E-state index contributed by atoms with van der Waals surface area (Å²) in [6.07, 6.45) is 1.51. The number of thiazole rings is 1. The zero-order valence-electron chi connectivity index (χ0n) is 19.0. The van der Waals surface area contributed by atoms with E-state index in [1.807, 2.05) is 55.6 Å². The van der Waals surface area contributed by atoms with Crippen molar-refractivity contribution in [1.29, 1.82) is 0 Å². The Morgan fingerprint density at radius 1 is 1.09 bits per heavy atom. The second-order valence-electron chi connectivity index (χ2n) is 8.10. The number of amides is 1. The van der Waals surface area contributed by atoms with Crippen molar-refractivity contribution in [1.82, 2.24) is 4.68 Å². The molecule has 0 radical (unpaired) electrons. The van der Waals surface area contributed by atoms with Crippen LogP contribution in [0.2, 0.25) is 0 Å². The van der Waals surface area contributed by atoms with Gasteiger partial charge in [0, 0.05) is 22.6 Å². The maximum Gasteiger partial charge on any atom is 0.262 e. The molecule has 1 amide bonds. The van der Waals surface area contributed by atoms with E-state index in [0.29, 0.717) is 21.8 Å². The zero-order chi connectivity index (χ0) is 24.5. The molecular weight excluding hydrogens is 464 g/mol. The van der Waals surface area contributed by atoms with E-state index in [1.54, 1.807) is 10.7 Å². The number of nitrogens with one attached hydrogen (secondary N) is 1.